The van der Waals surface area contributed by atoms with Crippen molar-refractivity contribution in [3.8, 4) is 11.3 Å². The number of aryl methyl sites for hydroxylation is 1. The molecule has 3 aromatic heterocycles. The second-order valence-electron chi connectivity index (χ2n) is 8.02. The van der Waals surface area contributed by atoms with Gasteiger partial charge in [-0.15, -0.1) is 0 Å². The number of benzene rings is 1. The first-order chi connectivity index (χ1) is 15.8. The Balaban J connectivity index is 1.95. The molecule has 172 valence electrons. The molecule has 0 amide bonds. The SMILES string of the molecule is COC[C@H]1Cn2c(-c3cccc(Cl)c3)c3c(=O)n(C)c(=O)n(C)c3c2[C@@H](c2ccc(Cl)o2)O1. The maximum absolute atomic E-state index is 13.4. The van der Waals surface area contributed by atoms with Crippen molar-refractivity contribution >= 4 is 34.1 Å². The highest BCUT2D eigenvalue weighted by atomic mass is 35.5. The Hall–Kier alpha value is -2.78. The molecule has 10 heteroatoms. The van der Waals surface area contributed by atoms with Gasteiger partial charge in [0.2, 0.25) is 0 Å². The minimum atomic E-state index is -0.709. The van der Waals surface area contributed by atoms with E-state index in [-0.39, 0.29) is 11.3 Å². The summed E-state index contributed by atoms with van der Waals surface area (Å²) in [5, 5.41) is 1.15. The molecule has 0 bridgehead atoms. The van der Waals surface area contributed by atoms with Gasteiger partial charge in [0.1, 0.15) is 11.9 Å². The number of ether oxygens (including phenoxy) is 2. The molecule has 2 atom stereocenters. The van der Waals surface area contributed by atoms with Crippen LogP contribution in [-0.2, 0) is 30.1 Å². The molecule has 4 aromatic rings. The molecule has 0 fully saturated rings. The first-order valence-corrected chi connectivity index (χ1v) is 11.0. The molecule has 4 heterocycles. The van der Waals surface area contributed by atoms with Gasteiger partial charge in [-0.3, -0.25) is 13.9 Å². The topological polar surface area (TPSA) is 80.5 Å². The molecule has 0 N–H and O–H groups in total. The third-order valence-corrected chi connectivity index (χ3v) is 6.41. The quantitative estimate of drug-likeness (QED) is 0.436. The van der Waals surface area contributed by atoms with Gasteiger partial charge in [0.15, 0.2) is 11.3 Å². The summed E-state index contributed by atoms with van der Waals surface area (Å²) < 4.78 is 22.0. The number of rotatable bonds is 4. The highest BCUT2D eigenvalue weighted by Gasteiger charge is 2.38. The van der Waals surface area contributed by atoms with Gasteiger partial charge < -0.3 is 18.5 Å². The lowest BCUT2D eigenvalue weighted by molar-refractivity contribution is -0.0670. The predicted octanol–water partition coefficient (Wildman–Crippen LogP) is 3.74. The van der Waals surface area contributed by atoms with Crippen LogP contribution in [0.25, 0.3) is 22.2 Å². The van der Waals surface area contributed by atoms with Gasteiger partial charge in [0.05, 0.1) is 35.4 Å². The Bertz CT molecular complexity index is 1500. The van der Waals surface area contributed by atoms with E-state index in [1.807, 2.05) is 16.7 Å². The number of methoxy groups -OCH3 is 1. The van der Waals surface area contributed by atoms with E-state index in [2.05, 4.69) is 0 Å². The summed E-state index contributed by atoms with van der Waals surface area (Å²) in [6, 6.07) is 10.6. The van der Waals surface area contributed by atoms with Gasteiger partial charge >= 0.3 is 5.69 Å². The van der Waals surface area contributed by atoms with Gasteiger partial charge in [-0.1, -0.05) is 23.7 Å². The van der Waals surface area contributed by atoms with E-state index in [0.29, 0.717) is 46.2 Å². The molecule has 0 aliphatic carbocycles. The van der Waals surface area contributed by atoms with Crippen LogP contribution in [0.3, 0.4) is 0 Å². The number of halogens is 2. The van der Waals surface area contributed by atoms with Crippen molar-refractivity contribution < 1.29 is 13.9 Å². The van der Waals surface area contributed by atoms with Crippen molar-refractivity contribution in [2.24, 2.45) is 14.1 Å². The zero-order valence-corrected chi connectivity index (χ0v) is 19.7. The molecule has 1 aliphatic rings. The summed E-state index contributed by atoms with van der Waals surface area (Å²) in [7, 11) is 4.71. The molecule has 1 aromatic carbocycles. The average Bonchev–Trinajstić information content (AvgIpc) is 3.37. The van der Waals surface area contributed by atoms with Crippen LogP contribution in [0.15, 0.2) is 50.4 Å². The smallest absolute Gasteiger partial charge is 0.331 e. The molecular formula is C23H21Cl2N3O5. The van der Waals surface area contributed by atoms with E-state index < -0.39 is 17.4 Å². The number of furan rings is 1. The van der Waals surface area contributed by atoms with Crippen molar-refractivity contribution in [2.45, 2.75) is 18.8 Å². The lowest BCUT2D eigenvalue weighted by Gasteiger charge is -2.32. The van der Waals surface area contributed by atoms with Gasteiger partial charge in [0, 0.05) is 31.8 Å². The van der Waals surface area contributed by atoms with Crippen LogP contribution in [0.2, 0.25) is 10.2 Å². The normalized spacial score (nSPS) is 18.1. The van der Waals surface area contributed by atoms with Crippen LogP contribution in [0.4, 0.5) is 0 Å². The van der Waals surface area contributed by atoms with Crippen molar-refractivity contribution in [1.82, 2.24) is 13.7 Å². The second-order valence-corrected chi connectivity index (χ2v) is 8.83. The van der Waals surface area contributed by atoms with Crippen LogP contribution < -0.4 is 11.2 Å². The van der Waals surface area contributed by atoms with E-state index in [1.54, 1.807) is 38.4 Å². The monoisotopic (exact) mass is 489 g/mol. The third-order valence-electron chi connectivity index (χ3n) is 5.97. The van der Waals surface area contributed by atoms with E-state index in [4.69, 9.17) is 37.1 Å². The highest BCUT2D eigenvalue weighted by Crippen LogP contribution is 2.43. The summed E-state index contributed by atoms with van der Waals surface area (Å²) in [5.41, 5.74) is 1.69. The molecule has 0 saturated carbocycles. The van der Waals surface area contributed by atoms with Crippen LogP contribution in [0.5, 0.6) is 0 Å². The lowest BCUT2D eigenvalue weighted by Crippen LogP contribution is -2.37. The molecule has 8 nitrogen and oxygen atoms in total. The zero-order valence-electron chi connectivity index (χ0n) is 18.2. The third kappa shape index (κ3) is 3.45. The summed E-state index contributed by atoms with van der Waals surface area (Å²) in [6.07, 6.45) is -1.04. The Morgan fingerprint density at radius 2 is 1.91 bits per heavy atom. The Morgan fingerprint density at radius 1 is 1.12 bits per heavy atom. The fraction of sp³-hybridized carbons (Fsp3) is 0.304. The lowest BCUT2D eigenvalue weighted by atomic mass is 10.1. The van der Waals surface area contributed by atoms with Crippen molar-refractivity contribution in [1.29, 1.82) is 0 Å². The minimum Gasteiger partial charge on any atom is -0.446 e. The Kier molecular flexibility index (Phi) is 5.49. The van der Waals surface area contributed by atoms with Gasteiger partial charge in [0.25, 0.3) is 5.56 Å². The van der Waals surface area contributed by atoms with Crippen molar-refractivity contribution in [2.75, 3.05) is 13.7 Å². The van der Waals surface area contributed by atoms with E-state index in [9.17, 15) is 9.59 Å². The van der Waals surface area contributed by atoms with Crippen LogP contribution >= 0.6 is 23.2 Å². The van der Waals surface area contributed by atoms with Crippen LogP contribution in [0.1, 0.15) is 17.6 Å². The van der Waals surface area contributed by atoms with E-state index in [0.717, 1.165) is 10.1 Å². The van der Waals surface area contributed by atoms with Gasteiger partial charge in [-0.2, -0.15) is 0 Å². The maximum Gasteiger partial charge on any atom is 0.331 e. The molecule has 0 spiro atoms. The first kappa shape index (κ1) is 22.0. The second kappa shape index (κ2) is 8.22. The fourth-order valence-corrected chi connectivity index (χ4v) is 4.93. The Morgan fingerprint density at radius 3 is 2.58 bits per heavy atom. The van der Waals surface area contributed by atoms with E-state index in [1.165, 1.54) is 11.6 Å². The maximum atomic E-state index is 13.4. The van der Waals surface area contributed by atoms with Crippen LogP contribution in [-0.4, -0.2) is 33.5 Å². The number of hydrogen-bond donors (Lipinski definition) is 0. The standard InChI is InChI=1S/C23H21Cl2N3O5/c1-26-19-17(22(29)27(2)23(26)30)18(12-5-4-6-13(24)9-12)28-10-14(11-31-3)32-21(20(19)28)15-7-8-16(25)33-15/h4-9,14,21H,10-11H2,1-3H3/t14-,21-/m1/s1. The summed E-state index contributed by atoms with van der Waals surface area (Å²) in [6.45, 7) is 0.729. The summed E-state index contributed by atoms with van der Waals surface area (Å²) >= 11 is 12.4. The van der Waals surface area contributed by atoms with Crippen molar-refractivity contribution in [3.05, 3.63) is 78.9 Å². The summed E-state index contributed by atoms with van der Waals surface area (Å²) in [5.74, 6) is 0.465. The number of fused-ring (bicyclic) bond motifs is 3. The van der Waals surface area contributed by atoms with Crippen LogP contribution in [0, 0.1) is 0 Å². The molecular weight excluding hydrogens is 469 g/mol. The molecule has 0 saturated heterocycles. The molecule has 1 aliphatic heterocycles. The number of aromatic nitrogens is 3. The molecule has 0 radical (unpaired) electrons. The van der Waals surface area contributed by atoms with Crippen molar-refractivity contribution in [3.63, 3.8) is 0 Å². The largest absolute Gasteiger partial charge is 0.446 e. The van der Waals surface area contributed by atoms with Gasteiger partial charge in [-0.05, 0) is 35.9 Å². The zero-order chi connectivity index (χ0) is 23.4. The average molecular weight is 490 g/mol. The molecule has 5 rings (SSSR count). The minimum absolute atomic E-state index is 0.213. The molecule has 0 unspecified atom stereocenters. The van der Waals surface area contributed by atoms with Gasteiger partial charge in [-0.25, -0.2) is 4.79 Å². The first-order valence-electron chi connectivity index (χ1n) is 10.3. The Labute approximate surface area is 198 Å². The van der Waals surface area contributed by atoms with E-state index >= 15 is 0 Å². The number of hydrogen-bond acceptors (Lipinski definition) is 5. The summed E-state index contributed by atoms with van der Waals surface area (Å²) in [4.78, 5) is 26.3. The highest BCUT2D eigenvalue weighted by molar-refractivity contribution is 6.31. The molecule has 33 heavy (non-hydrogen) atoms. The number of nitrogens with zero attached hydrogens (tertiary/aromatic N) is 3. The predicted molar refractivity (Wildman–Crippen MR) is 125 cm³/mol. The fourth-order valence-electron chi connectivity index (χ4n) is 4.58.